The van der Waals surface area contributed by atoms with Crippen molar-refractivity contribution < 1.29 is 4.79 Å². The van der Waals surface area contributed by atoms with Crippen molar-refractivity contribution in [2.45, 2.75) is 6.92 Å². The Labute approximate surface area is 100 Å². The van der Waals surface area contributed by atoms with Gasteiger partial charge in [-0.1, -0.05) is 6.07 Å². The first-order chi connectivity index (χ1) is 8.27. The van der Waals surface area contributed by atoms with Crippen LogP contribution in [0.15, 0.2) is 30.5 Å². The fourth-order valence-electron chi connectivity index (χ4n) is 2.00. The van der Waals surface area contributed by atoms with E-state index in [1.54, 1.807) is 4.90 Å². The number of nitrogens with zero attached hydrogens (tertiary/aromatic N) is 1. The van der Waals surface area contributed by atoms with Gasteiger partial charge in [0.15, 0.2) is 0 Å². The Hall–Kier alpha value is -1.81. The fourth-order valence-corrected chi connectivity index (χ4v) is 2.00. The highest BCUT2D eigenvalue weighted by molar-refractivity contribution is 6.06. The third-order valence-electron chi connectivity index (χ3n) is 2.89. The van der Waals surface area contributed by atoms with Crippen LogP contribution in [0.1, 0.15) is 17.3 Å². The minimum Gasteiger partial charge on any atom is -0.361 e. The second-order valence-electron chi connectivity index (χ2n) is 3.92. The lowest BCUT2D eigenvalue weighted by Gasteiger charge is -2.20. The van der Waals surface area contributed by atoms with Gasteiger partial charge >= 0.3 is 0 Å². The molecular formula is C13H17N3O. The Balaban J connectivity index is 2.38. The zero-order valence-electron chi connectivity index (χ0n) is 9.94. The van der Waals surface area contributed by atoms with Crippen LogP contribution in [0.5, 0.6) is 0 Å². The summed E-state index contributed by atoms with van der Waals surface area (Å²) in [6.07, 6.45) is 1.85. The van der Waals surface area contributed by atoms with Gasteiger partial charge in [0.05, 0.1) is 0 Å². The molecule has 1 amide bonds. The first kappa shape index (κ1) is 11.7. The number of likely N-dealkylation sites (N-methyl/N-ethyl adjacent to an activating group) is 1. The molecular weight excluding hydrogens is 214 g/mol. The molecule has 0 aliphatic carbocycles. The number of carbonyl (C=O) groups is 1. The zero-order valence-corrected chi connectivity index (χ0v) is 9.94. The van der Waals surface area contributed by atoms with E-state index in [9.17, 15) is 4.79 Å². The van der Waals surface area contributed by atoms with E-state index in [4.69, 9.17) is 5.73 Å². The highest BCUT2D eigenvalue weighted by atomic mass is 16.2. The van der Waals surface area contributed by atoms with Gasteiger partial charge in [0.25, 0.3) is 5.91 Å². The van der Waals surface area contributed by atoms with Crippen LogP contribution in [0.4, 0.5) is 0 Å². The lowest BCUT2D eigenvalue weighted by molar-refractivity contribution is 0.0771. The number of nitrogens with one attached hydrogen (secondary N) is 1. The van der Waals surface area contributed by atoms with Gasteiger partial charge in [0.1, 0.15) is 0 Å². The number of hydrogen-bond acceptors (Lipinski definition) is 2. The summed E-state index contributed by atoms with van der Waals surface area (Å²) in [6.45, 7) is 3.72. The Morgan fingerprint density at radius 1 is 1.41 bits per heavy atom. The first-order valence-corrected chi connectivity index (χ1v) is 5.83. The van der Waals surface area contributed by atoms with Crippen molar-refractivity contribution in [1.29, 1.82) is 0 Å². The molecule has 1 aromatic carbocycles. The van der Waals surface area contributed by atoms with Crippen LogP contribution in [-0.2, 0) is 0 Å². The molecule has 0 saturated heterocycles. The third kappa shape index (κ3) is 2.17. The molecule has 1 aromatic heterocycles. The van der Waals surface area contributed by atoms with Crippen LogP contribution >= 0.6 is 0 Å². The SMILES string of the molecule is CCN(CCN)C(=O)c1cccc2[nH]ccc12. The number of aromatic amines is 1. The summed E-state index contributed by atoms with van der Waals surface area (Å²) in [5.41, 5.74) is 7.23. The minimum atomic E-state index is 0.0446. The molecule has 0 spiro atoms. The number of benzene rings is 1. The summed E-state index contributed by atoms with van der Waals surface area (Å²) >= 11 is 0. The molecule has 1 heterocycles. The highest BCUT2D eigenvalue weighted by Crippen LogP contribution is 2.18. The number of nitrogens with two attached hydrogens (primary N) is 1. The van der Waals surface area contributed by atoms with Gasteiger partial charge in [0, 0.05) is 42.3 Å². The molecule has 0 aliphatic rings. The maximum Gasteiger partial charge on any atom is 0.254 e. The number of H-pyrrole nitrogens is 1. The van der Waals surface area contributed by atoms with E-state index in [2.05, 4.69) is 4.98 Å². The number of fused-ring (bicyclic) bond motifs is 1. The van der Waals surface area contributed by atoms with Crippen LogP contribution in [0.25, 0.3) is 10.9 Å². The molecule has 0 atom stereocenters. The van der Waals surface area contributed by atoms with Crippen LogP contribution in [0, 0.1) is 0 Å². The molecule has 0 radical (unpaired) electrons. The van der Waals surface area contributed by atoms with Crippen molar-refractivity contribution in [2.24, 2.45) is 5.73 Å². The van der Waals surface area contributed by atoms with Crippen molar-refractivity contribution >= 4 is 16.8 Å². The predicted molar refractivity (Wildman–Crippen MR) is 68.9 cm³/mol. The molecule has 3 N–H and O–H groups in total. The molecule has 4 heteroatoms. The molecule has 0 aliphatic heterocycles. The van der Waals surface area contributed by atoms with Crippen LogP contribution in [-0.4, -0.2) is 35.4 Å². The van der Waals surface area contributed by atoms with Crippen molar-refractivity contribution in [3.8, 4) is 0 Å². The monoisotopic (exact) mass is 231 g/mol. The first-order valence-electron chi connectivity index (χ1n) is 5.83. The number of carbonyl (C=O) groups excluding carboxylic acids is 1. The molecule has 2 rings (SSSR count). The van der Waals surface area contributed by atoms with Crippen LogP contribution in [0.2, 0.25) is 0 Å². The normalized spacial score (nSPS) is 10.7. The van der Waals surface area contributed by atoms with Gasteiger partial charge in [-0.2, -0.15) is 0 Å². The van der Waals surface area contributed by atoms with Crippen molar-refractivity contribution in [1.82, 2.24) is 9.88 Å². The number of rotatable bonds is 4. The highest BCUT2D eigenvalue weighted by Gasteiger charge is 2.15. The summed E-state index contributed by atoms with van der Waals surface area (Å²) in [5, 5.41) is 0.966. The molecule has 17 heavy (non-hydrogen) atoms. The number of amides is 1. The lowest BCUT2D eigenvalue weighted by Crippen LogP contribution is -2.35. The molecule has 0 saturated carbocycles. The summed E-state index contributed by atoms with van der Waals surface area (Å²) < 4.78 is 0. The average Bonchev–Trinajstić information content (AvgIpc) is 2.83. The smallest absolute Gasteiger partial charge is 0.254 e. The number of aromatic nitrogens is 1. The zero-order chi connectivity index (χ0) is 12.3. The molecule has 90 valence electrons. The van der Waals surface area contributed by atoms with Crippen LogP contribution < -0.4 is 5.73 Å². The Kier molecular flexibility index (Phi) is 3.44. The van der Waals surface area contributed by atoms with E-state index in [0.29, 0.717) is 19.6 Å². The van der Waals surface area contributed by atoms with Crippen molar-refractivity contribution in [2.75, 3.05) is 19.6 Å². The van der Waals surface area contributed by atoms with Gasteiger partial charge in [0.2, 0.25) is 0 Å². The van der Waals surface area contributed by atoms with Gasteiger partial charge < -0.3 is 15.6 Å². The predicted octanol–water partition coefficient (Wildman–Crippen LogP) is 1.59. The molecule has 0 unspecified atom stereocenters. The Morgan fingerprint density at radius 2 is 2.24 bits per heavy atom. The van der Waals surface area contributed by atoms with E-state index in [1.165, 1.54) is 0 Å². The quantitative estimate of drug-likeness (QED) is 0.839. The summed E-state index contributed by atoms with van der Waals surface area (Å²) in [4.78, 5) is 17.2. The topological polar surface area (TPSA) is 62.1 Å². The van der Waals surface area contributed by atoms with E-state index in [1.807, 2.05) is 37.4 Å². The molecule has 0 fully saturated rings. The summed E-state index contributed by atoms with van der Waals surface area (Å²) in [7, 11) is 0. The third-order valence-corrected chi connectivity index (χ3v) is 2.89. The average molecular weight is 231 g/mol. The summed E-state index contributed by atoms with van der Waals surface area (Å²) in [5.74, 6) is 0.0446. The van der Waals surface area contributed by atoms with Gasteiger partial charge in [-0.25, -0.2) is 0 Å². The maximum atomic E-state index is 12.3. The standard InChI is InChI=1S/C13H17N3O/c1-2-16(9-7-14)13(17)11-4-3-5-12-10(11)6-8-15-12/h3-6,8,15H,2,7,9,14H2,1H3. The molecule has 4 nitrogen and oxygen atoms in total. The lowest BCUT2D eigenvalue weighted by atomic mass is 10.1. The van der Waals surface area contributed by atoms with Crippen molar-refractivity contribution in [3.05, 3.63) is 36.0 Å². The van der Waals surface area contributed by atoms with Gasteiger partial charge in [-0.15, -0.1) is 0 Å². The largest absolute Gasteiger partial charge is 0.361 e. The van der Waals surface area contributed by atoms with Crippen LogP contribution in [0.3, 0.4) is 0 Å². The second kappa shape index (κ2) is 5.01. The second-order valence-corrected chi connectivity index (χ2v) is 3.92. The Bertz CT molecular complexity index is 518. The van der Waals surface area contributed by atoms with E-state index in [-0.39, 0.29) is 5.91 Å². The van der Waals surface area contributed by atoms with E-state index < -0.39 is 0 Å². The molecule has 2 aromatic rings. The fraction of sp³-hybridized carbons (Fsp3) is 0.308. The molecule has 0 bridgehead atoms. The van der Waals surface area contributed by atoms with Crippen molar-refractivity contribution in [3.63, 3.8) is 0 Å². The van der Waals surface area contributed by atoms with Gasteiger partial charge in [-0.05, 0) is 25.1 Å². The number of hydrogen-bond donors (Lipinski definition) is 2. The van der Waals surface area contributed by atoms with E-state index in [0.717, 1.165) is 16.5 Å². The van der Waals surface area contributed by atoms with Gasteiger partial charge in [-0.3, -0.25) is 4.79 Å². The van der Waals surface area contributed by atoms with E-state index >= 15 is 0 Å². The maximum absolute atomic E-state index is 12.3. The minimum absolute atomic E-state index is 0.0446. The Morgan fingerprint density at radius 3 is 2.94 bits per heavy atom. The summed E-state index contributed by atoms with van der Waals surface area (Å²) in [6, 6.07) is 7.64.